The first kappa shape index (κ1) is 13.6. The van der Waals surface area contributed by atoms with Crippen LogP contribution in [0.15, 0.2) is 24.3 Å². The zero-order chi connectivity index (χ0) is 13.2. The Hall–Kier alpha value is -0.870. The molecule has 1 aromatic carbocycles. The van der Waals surface area contributed by atoms with Gasteiger partial charge in [0.1, 0.15) is 0 Å². The molecule has 0 spiro atoms. The Morgan fingerprint density at radius 1 is 1.33 bits per heavy atom. The van der Waals surface area contributed by atoms with E-state index in [2.05, 4.69) is 43.4 Å². The third-order valence-corrected chi connectivity index (χ3v) is 5.45. The fraction of sp³-hybridized carbons (Fsp3) is 0.571. The van der Waals surface area contributed by atoms with Gasteiger partial charge < -0.3 is 5.32 Å². The summed E-state index contributed by atoms with van der Waals surface area (Å²) in [6.45, 7) is 4.98. The molecule has 2 atom stereocenters. The molecule has 3 nitrogen and oxygen atoms in total. The lowest BCUT2D eigenvalue weighted by Crippen LogP contribution is -2.26. The second-order valence-electron chi connectivity index (χ2n) is 5.31. The lowest BCUT2D eigenvalue weighted by Gasteiger charge is -2.17. The van der Waals surface area contributed by atoms with Crippen LogP contribution in [0.3, 0.4) is 0 Å². The van der Waals surface area contributed by atoms with Crippen LogP contribution in [0.2, 0.25) is 0 Å². The molecule has 2 rings (SSSR count). The number of benzene rings is 1. The van der Waals surface area contributed by atoms with Crippen molar-refractivity contribution in [3.05, 3.63) is 35.4 Å². The summed E-state index contributed by atoms with van der Waals surface area (Å²) in [4.78, 5) is 0. The molecule has 0 saturated carbocycles. The average molecular weight is 267 g/mol. The van der Waals surface area contributed by atoms with E-state index < -0.39 is 9.84 Å². The molecule has 1 saturated heterocycles. The van der Waals surface area contributed by atoms with Crippen molar-refractivity contribution in [1.82, 2.24) is 5.32 Å². The highest BCUT2D eigenvalue weighted by atomic mass is 32.2. The first-order chi connectivity index (χ1) is 8.46. The molecule has 1 aliphatic rings. The van der Waals surface area contributed by atoms with E-state index in [0.29, 0.717) is 11.5 Å². The second kappa shape index (κ2) is 5.41. The predicted octanol–water partition coefficient (Wildman–Crippen LogP) is 2.08. The van der Waals surface area contributed by atoms with Crippen LogP contribution in [-0.4, -0.2) is 26.5 Å². The molecular weight excluding hydrogens is 246 g/mol. The lowest BCUT2D eigenvalue weighted by atomic mass is 10.0. The van der Waals surface area contributed by atoms with Gasteiger partial charge in [0, 0.05) is 6.04 Å². The van der Waals surface area contributed by atoms with Crippen LogP contribution in [0.4, 0.5) is 0 Å². The van der Waals surface area contributed by atoms with Crippen LogP contribution in [-0.2, 0) is 9.84 Å². The number of rotatable bonds is 4. The lowest BCUT2D eigenvalue weighted by molar-refractivity contribution is 0.476. The van der Waals surface area contributed by atoms with Crippen LogP contribution in [0.25, 0.3) is 0 Å². The molecule has 0 aliphatic carbocycles. The minimum absolute atomic E-state index is 0.272. The fourth-order valence-corrected chi connectivity index (χ4v) is 4.21. The molecule has 2 unspecified atom stereocenters. The second-order valence-corrected chi connectivity index (χ2v) is 7.54. The zero-order valence-electron chi connectivity index (χ0n) is 11.0. The Morgan fingerprint density at radius 2 is 2.00 bits per heavy atom. The highest BCUT2D eigenvalue weighted by molar-refractivity contribution is 7.91. The summed E-state index contributed by atoms with van der Waals surface area (Å²) < 4.78 is 22.7. The minimum atomic E-state index is -2.75. The number of hydrogen-bond donors (Lipinski definition) is 1. The molecule has 0 radical (unpaired) electrons. The number of sulfone groups is 1. The van der Waals surface area contributed by atoms with Gasteiger partial charge in [-0.15, -0.1) is 0 Å². The van der Waals surface area contributed by atoms with E-state index in [-0.39, 0.29) is 12.0 Å². The Kier molecular flexibility index (Phi) is 4.07. The molecule has 0 bridgehead atoms. The molecule has 0 amide bonds. The van der Waals surface area contributed by atoms with Crippen molar-refractivity contribution in [1.29, 1.82) is 0 Å². The maximum absolute atomic E-state index is 11.4. The van der Waals surface area contributed by atoms with Gasteiger partial charge in [-0.1, -0.05) is 29.8 Å². The molecule has 1 aromatic rings. The van der Waals surface area contributed by atoms with E-state index >= 15 is 0 Å². The third kappa shape index (κ3) is 3.56. The van der Waals surface area contributed by atoms with E-state index in [1.165, 1.54) is 11.1 Å². The fourth-order valence-electron chi connectivity index (χ4n) is 2.35. The molecule has 1 heterocycles. The van der Waals surface area contributed by atoms with Crippen molar-refractivity contribution in [3.63, 3.8) is 0 Å². The van der Waals surface area contributed by atoms with Crippen molar-refractivity contribution in [3.8, 4) is 0 Å². The quantitative estimate of drug-likeness (QED) is 0.908. The standard InChI is InChI=1S/C14H21NO2S/c1-11-3-5-14(6-4-11)12(2)15-9-13-7-8-18(16,17)10-13/h3-6,12-13,15H,7-10H2,1-2H3. The topological polar surface area (TPSA) is 46.2 Å². The van der Waals surface area contributed by atoms with Gasteiger partial charge in [0.15, 0.2) is 9.84 Å². The summed E-state index contributed by atoms with van der Waals surface area (Å²) in [6, 6.07) is 8.73. The molecular formula is C14H21NO2S. The average Bonchev–Trinajstić information content (AvgIpc) is 2.67. The van der Waals surface area contributed by atoms with E-state index in [1.54, 1.807) is 0 Å². The molecule has 1 N–H and O–H groups in total. The van der Waals surface area contributed by atoms with Gasteiger partial charge >= 0.3 is 0 Å². The summed E-state index contributed by atoms with van der Waals surface area (Å²) in [7, 11) is -2.75. The highest BCUT2D eigenvalue weighted by Gasteiger charge is 2.27. The van der Waals surface area contributed by atoms with Crippen LogP contribution < -0.4 is 5.32 Å². The van der Waals surface area contributed by atoms with Crippen molar-refractivity contribution in [2.24, 2.45) is 5.92 Å². The molecule has 100 valence electrons. The van der Waals surface area contributed by atoms with Crippen molar-refractivity contribution >= 4 is 9.84 Å². The Bertz CT molecular complexity index is 493. The first-order valence-corrected chi connectivity index (χ1v) is 8.29. The summed E-state index contributed by atoms with van der Waals surface area (Å²) in [6.07, 6.45) is 0.802. The van der Waals surface area contributed by atoms with Gasteiger partial charge in [0.05, 0.1) is 11.5 Å². The van der Waals surface area contributed by atoms with Crippen molar-refractivity contribution in [2.45, 2.75) is 26.3 Å². The Balaban J connectivity index is 1.85. The largest absolute Gasteiger partial charge is 0.310 e. The summed E-state index contributed by atoms with van der Waals surface area (Å²) >= 11 is 0. The maximum atomic E-state index is 11.4. The van der Waals surface area contributed by atoms with Gasteiger partial charge in [-0.3, -0.25) is 0 Å². The maximum Gasteiger partial charge on any atom is 0.150 e. The van der Waals surface area contributed by atoms with Crippen LogP contribution in [0, 0.1) is 12.8 Å². The monoisotopic (exact) mass is 267 g/mol. The number of aryl methyl sites for hydroxylation is 1. The molecule has 18 heavy (non-hydrogen) atoms. The van der Waals surface area contributed by atoms with E-state index in [1.807, 2.05) is 0 Å². The first-order valence-electron chi connectivity index (χ1n) is 6.47. The van der Waals surface area contributed by atoms with E-state index in [0.717, 1.165) is 13.0 Å². The Labute approximate surface area is 110 Å². The van der Waals surface area contributed by atoms with Gasteiger partial charge in [-0.05, 0) is 38.3 Å². The summed E-state index contributed by atoms with van der Waals surface area (Å²) in [5.41, 5.74) is 2.51. The highest BCUT2D eigenvalue weighted by Crippen LogP contribution is 2.19. The van der Waals surface area contributed by atoms with Gasteiger partial charge in [-0.2, -0.15) is 0 Å². The summed E-state index contributed by atoms with van der Waals surface area (Å²) in [5.74, 6) is 0.988. The number of hydrogen-bond acceptors (Lipinski definition) is 3. The van der Waals surface area contributed by atoms with Crippen LogP contribution >= 0.6 is 0 Å². The molecule has 4 heteroatoms. The molecule has 1 aliphatic heterocycles. The van der Waals surface area contributed by atoms with Crippen LogP contribution in [0.1, 0.15) is 30.5 Å². The third-order valence-electron chi connectivity index (χ3n) is 3.62. The predicted molar refractivity (Wildman–Crippen MR) is 74.4 cm³/mol. The van der Waals surface area contributed by atoms with Gasteiger partial charge in [0.25, 0.3) is 0 Å². The van der Waals surface area contributed by atoms with Gasteiger partial charge in [-0.25, -0.2) is 8.42 Å². The number of nitrogens with one attached hydrogen (secondary N) is 1. The Morgan fingerprint density at radius 3 is 2.56 bits per heavy atom. The summed E-state index contributed by atoms with van der Waals surface area (Å²) in [5, 5.41) is 3.43. The van der Waals surface area contributed by atoms with E-state index in [9.17, 15) is 8.42 Å². The SMILES string of the molecule is Cc1ccc(C(C)NCC2CCS(=O)(=O)C2)cc1. The molecule has 1 fully saturated rings. The van der Waals surface area contributed by atoms with Crippen LogP contribution in [0.5, 0.6) is 0 Å². The smallest absolute Gasteiger partial charge is 0.150 e. The van der Waals surface area contributed by atoms with Crippen molar-refractivity contribution in [2.75, 3.05) is 18.1 Å². The minimum Gasteiger partial charge on any atom is -0.310 e. The van der Waals surface area contributed by atoms with Gasteiger partial charge in [0.2, 0.25) is 0 Å². The van der Waals surface area contributed by atoms with E-state index in [4.69, 9.17) is 0 Å². The molecule has 0 aromatic heterocycles. The van der Waals surface area contributed by atoms with Crippen molar-refractivity contribution < 1.29 is 8.42 Å². The normalized spacial score (nSPS) is 24.0. The zero-order valence-corrected chi connectivity index (χ0v) is 11.8.